The molecule has 0 radical (unpaired) electrons. The number of methoxy groups -OCH3 is 1. The Morgan fingerprint density at radius 1 is 1.33 bits per heavy atom. The number of carbonyl (C=O) groups is 1. The quantitative estimate of drug-likeness (QED) is 0.859. The molecule has 2 rings (SSSR count). The maximum atomic E-state index is 12.7. The van der Waals surface area contributed by atoms with Crippen molar-refractivity contribution in [1.82, 2.24) is 10.3 Å². The second-order valence-corrected chi connectivity index (χ2v) is 4.27. The lowest BCUT2D eigenvalue weighted by Gasteiger charge is -2.06. The van der Waals surface area contributed by atoms with E-state index in [0.29, 0.717) is 12.4 Å². The van der Waals surface area contributed by atoms with Crippen molar-refractivity contribution in [3.63, 3.8) is 0 Å². The van der Waals surface area contributed by atoms with Gasteiger partial charge in [0.25, 0.3) is 0 Å². The van der Waals surface area contributed by atoms with Crippen molar-refractivity contribution in [1.29, 1.82) is 0 Å². The fourth-order valence-electron chi connectivity index (χ4n) is 1.73. The van der Waals surface area contributed by atoms with Gasteiger partial charge in [0.1, 0.15) is 5.82 Å². The van der Waals surface area contributed by atoms with E-state index < -0.39 is 0 Å². The monoisotopic (exact) mass is 286 g/mol. The van der Waals surface area contributed by atoms with Crippen molar-refractivity contribution in [2.24, 2.45) is 0 Å². The van der Waals surface area contributed by atoms with Gasteiger partial charge in [0.15, 0.2) is 0 Å². The number of aromatic nitrogens is 1. The summed E-state index contributed by atoms with van der Waals surface area (Å²) in [7, 11) is 1.53. The predicted molar refractivity (Wildman–Crippen MR) is 78.1 cm³/mol. The van der Waals surface area contributed by atoms with Crippen LogP contribution in [0.5, 0.6) is 5.88 Å². The van der Waals surface area contributed by atoms with Gasteiger partial charge in [-0.1, -0.05) is 18.2 Å². The van der Waals surface area contributed by atoms with Crippen LogP contribution in [0.1, 0.15) is 11.1 Å². The zero-order valence-electron chi connectivity index (χ0n) is 11.5. The van der Waals surface area contributed by atoms with Crippen LogP contribution >= 0.6 is 0 Å². The molecule has 0 unspecified atom stereocenters. The minimum absolute atomic E-state index is 0.245. The Bertz CT molecular complexity index is 639. The number of halogens is 1. The highest BCUT2D eigenvalue weighted by Gasteiger charge is 2.04. The van der Waals surface area contributed by atoms with E-state index >= 15 is 0 Å². The smallest absolute Gasteiger partial charge is 0.244 e. The van der Waals surface area contributed by atoms with E-state index in [-0.39, 0.29) is 11.7 Å². The van der Waals surface area contributed by atoms with Crippen LogP contribution in [0.4, 0.5) is 4.39 Å². The van der Waals surface area contributed by atoms with Gasteiger partial charge in [-0.15, -0.1) is 0 Å². The zero-order chi connectivity index (χ0) is 15.1. The van der Waals surface area contributed by atoms with Gasteiger partial charge in [0.05, 0.1) is 7.11 Å². The highest BCUT2D eigenvalue weighted by molar-refractivity contribution is 5.91. The minimum Gasteiger partial charge on any atom is -0.481 e. The van der Waals surface area contributed by atoms with E-state index in [0.717, 1.165) is 11.1 Å². The molecule has 5 heteroatoms. The number of nitrogens with one attached hydrogen (secondary N) is 1. The van der Waals surface area contributed by atoms with E-state index in [2.05, 4.69) is 10.3 Å². The number of nitrogens with zero attached hydrogens (tertiary/aromatic N) is 1. The Hall–Kier alpha value is -2.69. The maximum Gasteiger partial charge on any atom is 0.244 e. The molecule has 0 aliphatic rings. The number of carbonyl (C=O) groups excluding carboxylic acids is 1. The summed E-state index contributed by atoms with van der Waals surface area (Å²) in [5.74, 6) is -0.0641. The van der Waals surface area contributed by atoms with Gasteiger partial charge in [-0.2, -0.15) is 0 Å². The molecule has 1 amide bonds. The van der Waals surface area contributed by atoms with Crippen LogP contribution in [0.2, 0.25) is 0 Å². The first-order valence-corrected chi connectivity index (χ1v) is 6.38. The molecule has 0 aliphatic heterocycles. The van der Waals surface area contributed by atoms with Gasteiger partial charge in [-0.05, 0) is 29.8 Å². The highest BCUT2D eigenvalue weighted by atomic mass is 19.1. The van der Waals surface area contributed by atoms with Crippen molar-refractivity contribution in [2.45, 2.75) is 6.54 Å². The number of pyridine rings is 1. The third-order valence-electron chi connectivity index (χ3n) is 2.79. The SMILES string of the molecule is COc1ncccc1CNC(=O)C=Cc1ccc(F)cc1. The average molecular weight is 286 g/mol. The second kappa shape index (κ2) is 7.19. The minimum atomic E-state index is -0.305. The predicted octanol–water partition coefficient (Wildman–Crippen LogP) is 2.56. The fourth-order valence-corrected chi connectivity index (χ4v) is 1.73. The Kier molecular flexibility index (Phi) is 5.04. The van der Waals surface area contributed by atoms with Crippen LogP contribution in [-0.2, 0) is 11.3 Å². The molecule has 0 aliphatic carbocycles. The molecule has 0 spiro atoms. The molecule has 21 heavy (non-hydrogen) atoms. The topological polar surface area (TPSA) is 51.2 Å². The molecular weight excluding hydrogens is 271 g/mol. The van der Waals surface area contributed by atoms with Crippen molar-refractivity contribution in [3.05, 3.63) is 65.6 Å². The van der Waals surface area contributed by atoms with Gasteiger partial charge in [0.2, 0.25) is 11.8 Å². The highest BCUT2D eigenvalue weighted by Crippen LogP contribution is 2.12. The lowest BCUT2D eigenvalue weighted by molar-refractivity contribution is -0.116. The first-order chi connectivity index (χ1) is 10.2. The maximum absolute atomic E-state index is 12.7. The van der Waals surface area contributed by atoms with Crippen molar-refractivity contribution < 1.29 is 13.9 Å². The largest absolute Gasteiger partial charge is 0.481 e. The number of hydrogen-bond acceptors (Lipinski definition) is 3. The summed E-state index contributed by atoms with van der Waals surface area (Å²) in [5.41, 5.74) is 1.55. The summed E-state index contributed by atoms with van der Waals surface area (Å²) in [4.78, 5) is 15.8. The van der Waals surface area contributed by atoms with E-state index in [1.54, 1.807) is 30.5 Å². The molecule has 2 aromatic rings. The zero-order valence-corrected chi connectivity index (χ0v) is 11.5. The van der Waals surface area contributed by atoms with Crippen molar-refractivity contribution in [2.75, 3.05) is 7.11 Å². The summed E-state index contributed by atoms with van der Waals surface area (Å²) >= 11 is 0. The van der Waals surface area contributed by atoms with Gasteiger partial charge >= 0.3 is 0 Å². The van der Waals surface area contributed by atoms with E-state index in [1.165, 1.54) is 25.3 Å². The number of benzene rings is 1. The van der Waals surface area contributed by atoms with Crippen LogP contribution in [-0.4, -0.2) is 18.0 Å². The number of hydrogen-bond donors (Lipinski definition) is 1. The summed E-state index contributed by atoms with van der Waals surface area (Å²) < 4.78 is 17.8. The van der Waals surface area contributed by atoms with E-state index in [1.807, 2.05) is 6.07 Å². The molecule has 1 heterocycles. The van der Waals surface area contributed by atoms with Crippen LogP contribution in [0.25, 0.3) is 6.08 Å². The van der Waals surface area contributed by atoms with Crippen molar-refractivity contribution >= 4 is 12.0 Å². The Labute approximate surface area is 122 Å². The lowest BCUT2D eigenvalue weighted by atomic mass is 10.2. The summed E-state index contributed by atoms with van der Waals surface area (Å²) in [6, 6.07) is 9.50. The van der Waals surface area contributed by atoms with Crippen LogP contribution in [0, 0.1) is 5.82 Å². The first-order valence-electron chi connectivity index (χ1n) is 6.38. The third kappa shape index (κ3) is 4.42. The summed E-state index contributed by atoms with van der Waals surface area (Å²) in [5, 5.41) is 2.74. The van der Waals surface area contributed by atoms with E-state index in [4.69, 9.17) is 4.74 Å². The normalized spacial score (nSPS) is 10.6. The molecule has 0 saturated carbocycles. The molecule has 1 N–H and O–H groups in total. The third-order valence-corrected chi connectivity index (χ3v) is 2.79. The Morgan fingerprint density at radius 2 is 2.10 bits per heavy atom. The lowest BCUT2D eigenvalue weighted by Crippen LogP contribution is -2.20. The standard InChI is InChI=1S/C16H15FN2O2/c1-21-16-13(3-2-10-18-16)11-19-15(20)9-6-12-4-7-14(17)8-5-12/h2-10H,11H2,1H3,(H,19,20). The van der Waals surface area contributed by atoms with Crippen molar-refractivity contribution in [3.8, 4) is 5.88 Å². The van der Waals surface area contributed by atoms with Crippen LogP contribution < -0.4 is 10.1 Å². The molecule has 1 aromatic carbocycles. The second-order valence-electron chi connectivity index (χ2n) is 4.27. The number of rotatable bonds is 5. The number of amides is 1. The van der Waals surface area contributed by atoms with Crippen LogP contribution in [0.15, 0.2) is 48.7 Å². The first kappa shape index (κ1) is 14.7. The van der Waals surface area contributed by atoms with Gasteiger partial charge in [-0.3, -0.25) is 4.79 Å². The van der Waals surface area contributed by atoms with Crippen LogP contribution in [0.3, 0.4) is 0 Å². The molecule has 4 nitrogen and oxygen atoms in total. The fraction of sp³-hybridized carbons (Fsp3) is 0.125. The van der Waals surface area contributed by atoms with Gasteiger partial charge in [-0.25, -0.2) is 9.37 Å². The molecule has 1 aromatic heterocycles. The summed E-state index contributed by atoms with van der Waals surface area (Å²) in [6.45, 7) is 0.323. The number of ether oxygens (including phenoxy) is 1. The average Bonchev–Trinajstić information content (AvgIpc) is 2.52. The Balaban J connectivity index is 1.91. The molecule has 0 bridgehead atoms. The molecule has 0 fully saturated rings. The molecule has 108 valence electrons. The Morgan fingerprint density at radius 3 is 2.81 bits per heavy atom. The summed E-state index contributed by atoms with van der Waals surface area (Å²) in [6.07, 6.45) is 4.64. The molecule has 0 saturated heterocycles. The molecule has 0 atom stereocenters. The van der Waals surface area contributed by atoms with E-state index in [9.17, 15) is 9.18 Å². The van der Waals surface area contributed by atoms with Gasteiger partial charge < -0.3 is 10.1 Å². The van der Waals surface area contributed by atoms with Gasteiger partial charge in [0, 0.05) is 24.4 Å². The molecular formula is C16H15FN2O2.